The van der Waals surface area contributed by atoms with E-state index >= 15 is 0 Å². The smallest absolute Gasteiger partial charge is 0.311 e. The first-order valence-corrected chi connectivity index (χ1v) is 22.3. The molecule has 18 heteroatoms. The Balaban J connectivity index is 1.86. The zero-order chi connectivity index (χ0) is 48.4. The number of cyclic esters (lactones) is 1. The summed E-state index contributed by atoms with van der Waals surface area (Å²) < 4.78 is 23.1. The van der Waals surface area contributed by atoms with E-state index in [9.17, 15) is 65.8 Å². The Morgan fingerprint density at radius 1 is 0.662 bits per heavy atom. The molecule has 0 radical (unpaired) electrons. The van der Waals surface area contributed by atoms with Crippen LogP contribution >= 0.6 is 0 Å². The second kappa shape index (κ2) is 27.4. The number of hydrogen-bond acceptors (Lipinski definition) is 17. The monoisotopic (exact) mass is 923 g/mol. The predicted octanol–water partition coefficient (Wildman–Crippen LogP) is 0.712. The minimum Gasteiger partial charge on any atom is -0.481 e. The number of aliphatic hydroxyl groups excluding tert-OH is 9. The first-order valence-electron chi connectivity index (χ1n) is 22.3. The quantitative estimate of drug-likeness (QED) is 0.174. The van der Waals surface area contributed by atoms with Gasteiger partial charge in [-0.05, 0) is 39.5 Å². The van der Waals surface area contributed by atoms with E-state index in [0.29, 0.717) is 0 Å². The van der Waals surface area contributed by atoms with Gasteiger partial charge in [0.1, 0.15) is 18.1 Å². The van der Waals surface area contributed by atoms with E-state index in [1.165, 1.54) is 13.0 Å². The van der Waals surface area contributed by atoms with Crippen LogP contribution in [0.25, 0.3) is 0 Å². The highest BCUT2D eigenvalue weighted by Gasteiger charge is 2.51. The van der Waals surface area contributed by atoms with E-state index in [-0.39, 0.29) is 38.0 Å². The first-order chi connectivity index (χ1) is 30.6. The van der Waals surface area contributed by atoms with Crippen molar-refractivity contribution in [2.75, 3.05) is 0 Å². The number of allylic oxidation sites excluding steroid dienone is 12. The molecule has 368 valence electrons. The molecule has 14 unspecified atom stereocenters. The lowest BCUT2D eigenvalue weighted by atomic mass is 9.82. The molecule has 18 nitrogen and oxygen atoms in total. The molecular weight excluding hydrogens is 851 g/mol. The minimum atomic E-state index is -2.36. The van der Waals surface area contributed by atoms with Crippen LogP contribution < -0.4 is 5.73 Å². The summed E-state index contributed by atoms with van der Waals surface area (Å²) in [6, 6.07) is -1.15. The fraction of sp³-hybridized carbons (Fsp3) is 0.660. The van der Waals surface area contributed by atoms with Gasteiger partial charge in [-0.3, -0.25) is 9.59 Å². The van der Waals surface area contributed by atoms with Crippen LogP contribution in [0.4, 0.5) is 0 Å². The molecule has 2 fully saturated rings. The summed E-state index contributed by atoms with van der Waals surface area (Å²) in [4.78, 5) is 25.1. The van der Waals surface area contributed by atoms with Gasteiger partial charge in [0.15, 0.2) is 12.1 Å². The fourth-order valence-electron chi connectivity index (χ4n) is 7.96. The van der Waals surface area contributed by atoms with Gasteiger partial charge in [-0.15, -0.1) is 0 Å². The molecule has 2 saturated heterocycles. The number of aliphatic hydroxyl groups is 10. The van der Waals surface area contributed by atoms with Crippen LogP contribution in [0, 0.1) is 17.8 Å². The zero-order valence-corrected chi connectivity index (χ0v) is 37.6. The number of esters is 1. The number of hydrogen-bond donors (Lipinski definition) is 12. The number of carbonyl (C=O) groups excluding carboxylic acids is 1. The normalized spacial score (nSPS) is 45.5. The van der Waals surface area contributed by atoms with Gasteiger partial charge < -0.3 is 80.9 Å². The van der Waals surface area contributed by atoms with Crippen molar-refractivity contribution in [1.29, 1.82) is 0 Å². The molecule has 13 N–H and O–H groups in total. The van der Waals surface area contributed by atoms with Crippen LogP contribution in [-0.2, 0) is 28.5 Å². The van der Waals surface area contributed by atoms with Gasteiger partial charge in [-0.2, -0.15) is 0 Å². The average Bonchev–Trinajstić information content (AvgIpc) is 3.21. The molecule has 65 heavy (non-hydrogen) atoms. The second-order valence-corrected chi connectivity index (χ2v) is 17.6. The van der Waals surface area contributed by atoms with Gasteiger partial charge in [-0.1, -0.05) is 98.9 Å². The summed E-state index contributed by atoms with van der Waals surface area (Å²) in [5.74, 6) is -6.88. The van der Waals surface area contributed by atoms with Gasteiger partial charge in [0, 0.05) is 31.1 Å². The Morgan fingerprint density at radius 2 is 1.20 bits per heavy atom. The standard InChI is InChI=1S/C47H73NO17/c1-27-17-15-13-11-9-7-5-6-8-10-12-14-16-18-34(64-46-44(58)41(48)43(57)30(4)63-46)24-38-40(45(59)60)37(54)26-47(61,65-38)25-36(53)35(52)20-19-31(49)21-32(50)22-33(51)23-39(55)62-29(3)28(2)42(27)56/h5-18,27-38,40-44,46,49-54,56-58,61H,19-26,48H2,1-4H3,(H,59,60)/b6-5+,9-7+,10-8+,13-11+,14-12+,17-15+,18-16+/t27?,28?,29?,30-,31?,32?,33?,34?,35?,36?,37?,38?,40?,41+,42?,43-,44+,46+,47?/m1/s1. The third kappa shape index (κ3) is 18.6. The molecule has 0 amide bonds. The largest absolute Gasteiger partial charge is 0.481 e. The lowest BCUT2D eigenvalue weighted by molar-refractivity contribution is -0.310. The van der Waals surface area contributed by atoms with E-state index in [2.05, 4.69) is 0 Å². The topological polar surface area (TPSA) is 320 Å². The maximum atomic E-state index is 12.6. The van der Waals surface area contributed by atoms with Crippen LogP contribution in [0.15, 0.2) is 85.1 Å². The number of carbonyl (C=O) groups is 2. The molecule has 3 rings (SSSR count). The summed E-state index contributed by atoms with van der Waals surface area (Å²) in [5, 5.41) is 118. The molecular formula is C47H73NO17. The van der Waals surface area contributed by atoms with Crippen molar-refractivity contribution in [3.63, 3.8) is 0 Å². The molecule has 3 heterocycles. The number of fused-ring (bicyclic) bond motifs is 2. The van der Waals surface area contributed by atoms with Crippen LogP contribution in [0.3, 0.4) is 0 Å². The van der Waals surface area contributed by atoms with Crippen LogP contribution in [0.1, 0.15) is 79.1 Å². The number of ether oxygens (including phenoxy) is 4. The third-order valence-corrected chi connectivity index (χ3v) is 12.0. The minimum absolute atomic E-state index is 0.140. The molecule has 0 aromatic carbocycles. The molecule has 0 aromatic rings. The maximum absolute atomic E-state index is 12.6. The van der Waals surface area contributed by atoms with E-state index < -0.39 is 141 Å². The number of rotatable bonds is 3. The number of aliphatic carboxylic acids is 1. The summed E-state index contributed by atoms with van der Waals surface area (Å²) in [6.45, 7) is 6.74. The lowest BCUT2D eigenvalue weighted by Crippen LogP contribution is -2.61. The maximum Gasteiger partial charge on any atom is 0.311 e. The van der Waals surface area contributed by atoms with Crippen molar-refractivity contribution in [3.05, 3.63) is 85.1 Å². The second-order valence-electron chi connectivity index (χ2n) is 17.6. The average molecular weight is 924 g/mol. The van der Waals surface area contributed by atoms with E-state index in [4.69, 9.17) is 24.7 Å². The van der Waals surface area contributed by atoms with Crippen molar-refractivity contribution < 1.29 is 84.7 Å². The van der Waals surface area contributed by atoms with Crippen molar-refractivity contribution >= 4 is 11.9 Å². The van der Waals surface area contributed by atoms with Gasteiger partial charge in [0.2, 0.25) is 0 Å². The molecule has 0 aromatic heterocycles. The molecule has 0 aliphatic carbocycles. The number of carboxylic acid groups (broad SMARTS) is 1. The van der Waals surface area contributed by atoms with E-state index in [1.807, 2.05) is 13.0 Å². The van der Waals surface area contributed by atoms with Gasteiger partial charge in [-0.25, -0.2) is 0 Å². The van der Waals surface area contributed by atoms with Crippen molar-refractivity contribution in [1.82, 2.24) is 0 Å². The van der Waals surface area contributed by atoms with Crippen LogP contribution in [0.5, 0.6) is 0 Å². The third-order valence-electron chi connectivity index (χ3n) is 12.0. The zero-order valence-electron chi connectivity index (χ0n) is 37.6. The van der Waals surface area contributed by atoms with E-state index in [1.54, 1.807) is 86.8 Å². The number of nitrogens with two attached hydrogens (primary N) is 1. The fourth-order valence-corrected chi connectivity index (χ4v) is 7.96. The molecule has 0 spiro atoms. The molecule has 3 aliphatic rings. The highest BCUT2D eigenvalue weighted by molar-refractivity contribution is 5.71. The van der Waals surface area contributed by atoms with Crippen LogP contribution in [-0.4, -0.2) is 166 Å². The Kier molecular flexibility index (Phi) is 23.6. The molecule has 0 saturated carbocycles. The van der Waals surface area contributed by atoms with Gasteiger partial charge in [0.05, 0.1) is 79.6 Å². The van der Waals surface area contributed by atoms with Crippen molar-refractivity contribution in [2.45, 2.75) is 177 Å². The lowest BCUT2D eigenvalue weighted by Gasteiger charge is -2.45. The van der Waals surface area contributed by atoms with Gasteiger partial charge in [0.25, 0.3) is 0 Å². The highest BCUT2D eigenvalue weighted by Crippen LogP contribution is 2.38. The SMILES string of the molecule is CC1/C=C/C=C/C=C/C=C/C=C/C=C/C=C/C(O[C@@H]2O[C@H](C)[C@@H](O)[C@H](N)[C@@H]2O)CC2OC(O)(CC(O)C(O)CCC(O)CC(O)CC(O)CC(=O)OC(C)C(C)C1O)CC(O)C2C(=O)O. The Bertz CT molecular complexity index is 1670. The summed E-state index contributed by atoms with van der Waals surface area (Å²) in [7, 11) is 0. The predicted molar refractivity (Wildman–Crippen MR) is 237 cm³/mol. The molecule has 3 aliphatic heterocycles. The Hall–Kier alpha value is -3.44. The summed E-state index contributed by atoms with van der Waals surface area (Å²) in [6.07, 6.45) is 3.49. The van der Waals surface area contributed by atoms with Crippen molar-refractivity contribution in [3.8, 4) is 0 Å². The number of carboxylic acids is 1. The van der Waals surface area contributed by atoms with Gasteiger partial charge >= 0.3 is 11.9 Å². The first kappa shape index (κ1) is 55.9. The summed E-state index contributed by atoms with van der Waals surface area (Å²) in [5.41, 5.74) is 6.02. The van der Waals surface area contributed by atoms with E-state index in [0.717, 1.165) is 0 Å². The Morgan fingerprint density at radius 3 is 1.78 bits per heavy atom. The summed E-state index contributed by atoms with van der Waals surface area (Å²) >= 11 is 0. The molecule has 19 atom stereocenters. The Labute approximate surface area is 381 Å². The van der Waals surface area contributed by atoms with Crippen molar-refractivity contribution in [2.24, 2.45) is 23.5 Å². The molecule has 2 bridgehead atoms. The van der Waals surface area contributed by atoms with Crippen LogP contribution in [0.2, 0.25) is 0 Å². The highest BCUT2D eigenvalue weighted by atomic mass is 16.7.